The summed E-state index contributed by atoms with van der Waals surface area (Å²) >= 11 is 0. The van der Waals surface area contributed by atoms with Crippen molar-refractivity contribution in [3.63, 3.8) is 0 Å². The van der Waals surface area contributed by atoms with Crippen molar-refractivity contribution in [1.29, 1.82) is 5.41 Å². The molecule has 0 bridgehead atoms. The van der Waals surface area contributed by atoms with Gasteiger partial charge in [0.15, 0.2) is 5.84 Å². The van der Waals surface area contributed by atoms with Crippen LogP contribution in [0.3, 0.4) is 0 Å². The van der Waals surface area contributed by atoms with Gasteiger partial charge in [0.1, 0.15) is 29.3 Å². The number of nitrogens with one attached hydrogen (secondary N) is 3. The van der Waals surface area contributed by atoms with E-state index in [4.69, 9.17) is 20.9 Å². The van der Waals surface area contributed by atoms with E-state index in [1.54, 1.807) is 7.11 Å². The van der Waals surface area contributed by atoms with Gasteiger partial charge in [0.2, 0.25) is 0 Å². The number of hydrogen-bond donors (Lipinski definition) is 4. The summed E-state index contributed by atoms with van der Waals surface area (Å²) in [6.45, 7) is 0. The third-order valence-electron chi connectivity index (χ3n) is 5.27. The number of aromatic amines is 2. The summed E-state index contributed by atoms with van der Waals surface area (Å²) in [5.74, 6) is 2.41. The lowest BCUT2D eigenvalue weighted by atomic mass is 9.89. The fourth-order valence-electron chi connectivity index (χ4n) is 3.90. The number of ether oxygens (including phenoxy) is 1. The summed E-state index contributed by atoms with van der Waals surface area (Å²) in [6.07, 6.45) is 6.96. The Bertz CT molecular complexity index is 993. The third-order valence-corrected chi connectivity index (χ3v) is 5.27. The Morgan fingerprint density at radius 1 is 1.30 bits per heavy atom. The Balaban J connectivity index is 1.84. The molecule has 27 heavy (non-hydrogen) atoms. The molecule has 1 aliphatic rings. The predicted molar refractivity (Wildman–Crippen MR) is 108 cm³/mol. The molecule has 1 aromatic carbocycles. The smallest absolute Gasteiger partial charge is 0.151 e. The van der Waals surface area contributed by atoms with Crippen LogP contribution in [-0.2, 0) is 0 Å². The Morgan fingerprint density at radius 3 is 2.85 bits per heavy atom. The largest absolute Gasteiger partial charge is 0.495 e. The number of amidine groups is 1. The van der Waals surface area contributed by atoms with Crippen LogP contribution in [0.2, 0.25) is 0 Å². The van der Waals surface area contributed by atoms with Gasteiger partial charge in [0.25, 0.3) is 0 Å². The monoisotopic (exact) mass is 364 g/mol. The first-order valence-corrected chi connectivity index (χ1v) is 9.30. The zero-order valence-corrected chi connectivity index (χ0v) is 15.4. The van der Waals surface area contributed by atoms with E-state index in [9.17, 15) is 0 Å². The maximum Gasteiger partial charge on any atom is 0.151 e. The lowest BCUT2D eigenvalue weighted by molar-refractivity contribution is 0.419. The Morgan fingerprint density at radius 2 is 2.11 bits per heavy atom. The second kappa shape index (κ2) is 7.26. The molecule has 4 rings (SSSR count). The van der Waals surface area contributed by atoms with Gasteiger partial charge in [-0.2, -0.15) is 0 Å². The summed E-state index contributed by atoms with van der Waals surface area (Å²) in [5.41, 5.74) is 9.29. The molecule has 7 heteroatoms. The molecule has 3 aromatic rings. The summed E-state index contributed by atoms with van der Waals surface area (Å²) in [6, 6.07) is 7.95. The van der Waals surface area contributed by atoms with Gasteiger partial charge in [-0.3, -0.25) is 5.41 Å². The molecule has 0 amide bonds. The number of H-pyrrole nitrogens is 2. The number of nitrogens with zero attached hydrogens (tertiary/aromatic N) is 2. The van der Waals surface area contributed by atoms with Crippen LogP contribution in [-0.4, -0.2) is 34.2 Å². The maximum atomic E-state index is 7.25. The van der Waals surface area contributed by atoms with Crippen molar-refractivity contribution in [2.75, 3.05) is 7.11 Å². The van der Waals surface area contributed by atoms with Crippen molar-refractivity contribution >= 4 is 23.1 Å². The molecule has 7 nitrogen and oxygen atoms in total. The van der Waals surface area contributed by atoms with E-state index in [2.05, 4.69) is 15.0 Å². The van der Waals surface area contributed by atoms with E-state index in [1.807, 2.05) is 24.3 Å². The van der Waals surface area contributed by atoms with Gasteiger partial charge in [-0.05, 0) is 25.0 Å². The van der Waals surface area contributed by atoms with Gasteiger partial charge in [0, 0.05) is 11.3 Å². The first kappa shape index (κ1) is 17.3. The van der Waals surface area contributed by atoms with Crippen molar-refractivity contribution in [1.82, 2.24) is 15.0 Å². The van der Waals surface area contributed by atoms with Crippen LogP contribution in [0.15, 0.2) is 29.3 Å². The number of para-hydroxylation sites is 1. The van der Waals surface area contributed by atoms with Crippen LogP contribution in [0.5, 0.6) is 5.75 Å². The summed E-state index contributed by atoms with van der Waals surface area (Å²) in [7, 11) is 1.66. The Kier molecular flexibility index (Phi) is 4.66. The van der Waals surface area contributed by atoms with Crippen LogP contribution < -0.4 is 10.5 Å². The molecule has 2 aromatic heterocycles. The molecule has 2 heterocycles. The molecule has 1 saturated carbocycles. The van der Waals surface area contributed by atoms with Crippen molar-refractivity contribution in [2.24, 2.45) is 10.7 Å². The Labute approximate surface area is 157 Å². The lowest BCUT2D eigenvalue weighted by Gasteiger charge is -2.19. The molecule has 0 unspecified atom stereocenters. The van der Waals surface area contributed by atoms with Gasteiger partial charge in [-0.1, -0.05) is 31.4 Å². The number of fused-ring (bicyclic) bond motifs is 1. The molecule has 0 saturated heterocycles. The molecule has 0 spiro atoms. The van der Waals surface area contributed by atoms with E-state index in [0.717, 1.165) is 53.0 Å². The van der Waals surface area contributed by atoms with Crippen molar-refractivity contribution in [3.05, 3.63) is 35.8 Å². The highest BCUT2D eigenvalue weighted by Gasteiger charge is 2.23. The number of benzene rings is 1. The second-order valence-electron chi connectivity index (χ2n) is 6.93. The minimum Gasteiger partial charge on any atom is -0.495 e. The Hall–Kier alpha value is -3.09. The number of aromatic nitrogens is 3. The average Bonchev–Trinajstić information content (AvgIpc) is 3.33. The second-order valence-corrected chi connectivity index (χ2v) is 6.93. The summed E-state index contributed by atoms with van der Waals surface area (Å²) in [4.78, 5) is 15.6. The number of rotatable bonds is 5. The number of hydrogen-bond acceptors (Lipinski definition) is 3. The van der Waals surface area contributed by atoms with Crippen LogP contribution in [0.1, 0.15) is 49.5 Å². The number of methoxy groups -OCH3 is 1. The zero-order chi connectivity index (χ0) is 18.8. The number of imidazole rings is 1. The highest BCUT2D eigenvalue weighted by atomic mass is 16.5. The van der Waals surface area contributed by atoms with Gasteiger partial charge >= 0.3 is 0 Å². The number of nitrogens with two attached hydrogens (primary N) is 1. The average molecular weight is 364 g/mol. The topological polar surface area (TPSA) is 116 Å². The lowest BCUT2D eigenvalue weighted by Crippen LogP contribution is -2.15. The molecular formula is C20H24N6O. The maximum absolute atomic E-state index is 7.25. The normalized spacial score (nSPS) is 16.0. The molecule has 1 aliphatic carbocycles. The van der Waals surface area contributed by atoms with Gasteiger partial charge in [-0.15, -0.1) is 0 Å². The third kappa shape index (κ3) is 3.20. The minimum atomic E-state index is 0.264. The van der Waals surface area contributed by atoms with Crippen molar-refractivity contribution in [3.8, 4) is 17.1 Å². The quantitative estimate of drug-likeness (QED) is 0.406. The van der Waals surface area contributed by atoms with E-state index in [1.165, 1.54) is 19.3 Å². The minimum absolute atomic E-state index is 0.264. The van der Waals surface area contributed by atoms with Crippen LogP contribution in [0.25, 0.3) is 22.3 Å². The summed E-state index contributed by atoms with van der Waals surface area (Å²) < 4.78 is 5.46. The van der Waals surface area contributed by atoms with Gasteiger partial charge in [0.05, 0.1) is 18.3 Å². The van der Waals surface area contributed by atoms with Crippen molar-refractivity contribution < 1.29 is 4.74 Å². The van der Waals surface area contributed by atoms with E-state index in [-0.39, 0.29) is 5.84 Å². The molecule has 1 fully saturated rings. The fourth-order valence-corrected chi connectivity index (χ4v) is 3.90. The summed E-state index contributed by atoms with van der Waals surface area (Å²) in [5, 5.41) is 8.29. The van der Waals surface area contributed by atoms with Gasteiger partial charge < -0.3 is 20.4 Å². The van der Waals surface area contributed by atoms with Gasteiger partial charge in [-0.25, -0.2) is 9.98 Å². The highest BCUT2D eigenvalue weighted by Crippen LogP contribution is 2.35. The van der Waals surface area contributed by atoms with Crippen LogP contribution in [0.4, 0.5) is 0 Å². The van der Waals surface area contributed by atoms with E-state index >= 15 is 0 Å². The highest BCUT2D eigenvalue weighted by molar-refractivity contribution is 6.04. The first-order chi connectivity index (χ1) is 13.2. The number of aliphatic imine (C=N–C) groups is 1. The first-order valence-electron chi connectivity index (χ1n) is 9.30. The predicted octanol–water partition coefficient (Wildman–Crippen LogP) is 3.93. The SMILES string of the molecule is COc1cccc2cc(-c3nc(C4CCCCC4)[nH]c3/C(N)=N\C=N)[nH]c12. The fraction of sp³-hybridized carbons (Fsp3) is 0.350. The molecule has 140 valence electrons. The molecule has 5 N–H and O–H groups in total. The molecule has 0 radical (unpaired) electrons. The molecule has 0 atom stereocenters. The van der Waals surface area contributed by atoms with Crippen molar-refractivity contribution in [2.45, 2.75) is 38.0 Å². The zero-order valence-electron chi connectivity index (χ0n) is 15.4. The molecular weight excluding hydrogens is 340 g/mol. The van der Waals surface area contributed by atoms with Crippen LogP contribution >= 0.6 is 0 Å². The van der Waals surface area contributed by atoms with E-state index in [0.29, 0.717) is 11.6 Å². The van der Waals surface area contributed by atoms with E-state index < -0.39 is 0 Å². The van der Waals surface area contributed by atoms with Crippen LogP contribution in [0, 0.1) is 5.41 Å². The molecule has 0 aliphatic heterocycles. The standard InChI is InChI=1S/C20H24N6O/c1-27-15-9-5-8-13-10-14(24-16(13)15)17-18(19(22)23-11-21)26-20(25-17)12-6-3-2-4-7-12/h5,8-12,24H,2-4,6-7H2,1H3,(H,25,26)(H3,21,22,23).